The van der Waals surface area contributed by atoms with Crippen LogP contribution in [0.25, 0.3) is 16.7 Å². The van der Waals surface area contributed by atoms with Gasteiger partial charge in [0.15, 0.2) is 5.60 Å². The van der Waals surface area contributed by atoms with Gasteiger partial charge in [-0.05, 0) is 73.6 Å². The highest BCUT2D eigenvalue weighted by molar-refractivity contribution is 7.92. The summed E-state index contributed by atoms with van der Waals surface area (Å²) >= 11 is 6.75. The SMILES string of the molecule is Cc1cc(-c2cccc(NS(=O)(=O)CC[NH2+]Cc3ccccc3)c2)c(Cl)cc1C1=C(N)C2(CCCCC2)OC1=O. The van der Waals surface area contributed by atoms with Gasteiger partial charge in [-0.1, -0.05) is 60.5 Å². The van der Waals surface area contributed by atoms with Crippen LogP contribution in [0.1, 0.15) is 48.8 Å². The molecule has 5 rings (SSSR count). The van der Waals surface area contributed by atoms with E-state index in [0.717, 1.165) is 60.9 Å². The number of nitrogens with two attached hydrogens (primary N) is 2. The molecule has 40 heavy (non-hydrogen) atoms. The number of hydrogen-bond donors (Lipinski definition) is 3. The number of nitrogens with one attached hydrogen (secondary N) is 1. The number of anilines is 1. The van der Waals surface area contributed by atoms with Crippen LogP contribution in [0.4, 0.5) is 5.69 Å². The molecule has 0 radical (unpaired) electrons. The van der Waals surface area contributed by atoms with Crippen molar-refractivity contribution in [2.24, 2.45) is 5.73 Å². The van der Waals surface area contributed by atoms with E-state index < -0.39 is 21.6 Å². The van der Waals surface area contributed by atoms with Gasteiger partial charge >= 0.3 is 5.97 Å². The number of carbonyl (C=O) groups is 1. The fraction of sp³-hybridized carbons (Fsp3) is 0.323. The monoisotopic (exact) mass is 580 g/mol. The molecular weight excluding hydrogens is 546 g/mol. The molecule has 210 valence electrons. The lowest BCUT2D eigenvalue weighted by Crippen LogP contribution is -2.83. The maximum Gasteiger partial charge on any atom is 0.341 e. The van der Waals surface area contributed by atoms with Crippen molar-refractivity contribution in [2.75, 3.05) is 17.0 Å². The highest BCUT2D eigenvalue weighted by atomic mass is 35.5. The lowest BCUT2D eigenvalue weighted by atomic mass is 9.81. The van der Waals surface area contributed by atoms with Gasteiger partial charge in [0.1, 0.15) is 12.3 Å². The first-order valence-electron chi connectivity index (χ1n) is 13.7. The zero-order valence-corrected chi connectivity index (χ0v) is 24.2. The number of ether oxygens (including phenoxy) is 1. The first kappa shape index (κ1) is 28.2. The molecule has 0 bridgehead atoms. The van der Waals surface area contributed by atoms with E-state index in [2.05, 4.69) is 4.72 Å². The Morgan fingerprint density at radius 1 is 1.00 bits per heavy atom. The van der Waals surface area contributed by atoms with Gasteiger partial charge in [-0.25, -0.2) is 13.2 Å². The van der Waals surface area contributed by atoms with Gasteiger partial charge in [-0.3, -0.25) is 4.72 Å². The molecule has 0 unspecified atom stereocenters. The van der Waals surface area contributed by atoms with Gasteiger partial charge in [0.25, 0.3) is 0 Å². The van der Waals surface area contributed by atoms with Crippen molar-refractivity contribution in [1.29, 1.82) is 0 Å². The number of carbonyl (C=O) groups excluding carboxylic acids is 1. The van der Waals surface area contributed by atoms with Crippen molar-refractivity contribution < 1.29 is 23.3 Å². The topological polar surface area (TPSA) is 115 Å². The normalized spacial score (nSPS) is 16.8. The van der Waals surface area contributed by atoms with Crippen LogP contribution in [-0.2, 0) is 26.1 Å². The minimum absolute atomic E-state index is 0.00720. The molecular formula is C31H35ClN3O4S+. The smallest absolute Gasteiger partial charge is 0.341 e. The van der Waals surface area contributed by atoms with Crippen molar-refractivity contribution in [3.8, 4) is 11.1 Å². The lowest BCUT2D eigenvalue weighted by Gasteiger charge is -2.32. The van der Waals surface area contributed by atoms with Crippen molar-refractivity contribution >= 4 is 38.9 Å². The second kappa shape index (κ2) is 11.6. The molecule has 3 aromatic carbocycles. The van der Waals surface area contributed by atoms with Crippen LogP contribution in [0.5, 0.6) is 0 Å². The molecule has 7 nitrogen and oxygen atoms in total. The number of aryl methyl sites for hydroxylation is 1. The first-order valence-corrected chi connectivity index (χ1v) is 15.7. The minimum Gasteiger partial charge on any atom is -0.449 e. The largest absolute Gasteiger partial charge is 0.449 e. The summed E-state index contributed by atoms with van der Waals surface area (Å²) in [5.41, 5.74) is 11.4. The van der Waals surface area contributed by atoms with E-state index in [1.807, 2.05) is 54.7 Å². The van der Waals surface area contributed by atoms with E-state index in [1.54, 1.807) is 24.3 Å². The van der Waals surface area contributed by atoms with E-state index in [4.69, 9.17) is 22.1 Å². The van der Waals surface area contributed by atoms with Crippen LogP contribution in [-0.4, -0.2) is 32.3 Å². The van der Waals surface area contributed by atoms with E-state index in [1.165, 1.54) is 0 Å². The molecule has 0 aromatic heterocycles. The maximum absolute atomic E-state index is 13.0. The number of quaternary nitrogens is 1. The van der Waals surface area contributed by atoms with Crippen LogP contribution in [0.3, 0.4) is 0 Å². The van der Waals surface area contributed by atoms with E-state index >= 15 is 0 Å². The summed E-state index contributed by atoms with van der Waals surface area (Å²) < 4.78 is 34.0. The Hall–Kier alpha value is -3.33. The Morgan fingerprint density at radius 3 is 2.50 bits per heavy atom. The molecule has 1 fully saturated rings. The fourth-order valence-corrected chi connectivity index (χ4v) is 6.98. The number of esters is 1. The molecule has 5 N–H and O–H groups in total. The van der Waals surface area contributed by atoms with Gasteiger partial charge in [-0.2, -0.15) is 0 Å². The highest BCUT2D eigenvalue weighted by Gasteiger charge is 2.47. The van der Waals surface area contributed by atoms with Gasteiger partial charge in [-0.15, -0.1) is 0 Å². The average molecular weight is 581 g/mol. The van der Waals surface area contributed by atoms with E-state index in [-0.39, 0.29) is 5.75 Å². The summed E-state index contributed by atoms with van der Waals surface area (Å²) in [7, 11) is -3.54. The predicted octanol–water partition coefficient (Wildman–Crippen LogP) is 4.75. The third kappa shape index (κ3) is 6.04. The Morgan fingerprint density at radius 2 is 1.75 bits per heavy atom. The molecule has 1 heterocycles. The second-order valence-electron chi connectivity index (χ2n) is 10.6. The molecule has 9 heteroatoms. The molecule has 3 aromatic rings. The molecule has 0 atom stereocenters. The molecule has 0 amide bonds. The Balaban J connectivity index is 1.31. The van der Waals surface area contributed by atoms with Crippen LogP contribution in [0.15, 0.2) is 72.4 Å². The van der Waals surface area contributed by atoms with Gasteiger partial charge in [0.2, 0.25) is 10.0 Å². The standard InChI is InChI=1S/C31H34ClN3O4S/c1-21-17-26(27(32)19-25(21)28-29(33)31(39-30(28)36)13-6-3-7-14-31)23-11-8-12-24(18-23)35-40(37,38)16-15-34-20-22-9-4-2-5-10-22/h2,4-5,8-12,17-19,34-35H,3,6-7,13-16,20,33H2,1H3/p+1. The predicted molar refractivity (Wildman–Crippen MR) is 159 cm³/mol. The van der Waals surface area contributed by atoms with Gasteiger partial charge < -0.3 is 15.8 Å². The molecule has 1 aliphatic heterocycles. The Bertz CT molecular complexity index is 1550. The summed E-state index contributed by atoms with van der Waals surface area (Å²) in [5, 5.41) is 2.42. The van der Waals surface area contributed by atoms with E-state index in [9.17, 15) is 13.2 Å². The summed E-state index contributed by atoms with van der Waals surface area (Å²) in [4.78, 5) is 13.0. The third-order valence-corrected chi connectivity index (χ3v) is 9.39. The molecule has 1 spiro atoms. The summed E-state index contributed by atoms with van der Waals surface area (Å²) in [6.07, 6.45) is 4.56. The first-order chi connectivity index (χ1) is 19.2. The number of sulfonamides is 1. The van der Waals surface area contributed by atoms with Gasteiger partial charge in [0, 0.05) is 21.8 Å². The van der Waals surface area contributed by atoms with Crippen molar-refractivity contribution in [3.05, 3.63) is 94.1 Å². The quantitative estimate of drug-likeness (QED) is 0.250. The van der Waals surface area contributed by atoms with Crippen LogP contribution >= 0.6 is 11.6 Å². The number of hydrogen-bond acceptors (Lipinski definition) is 5. The van der Waals surface area contributed by atoms with Crippen molar-refractivity contribution in [1.82, 2.24) is 0 Å². The minimum atomic E-state index is -3.54. The zero-order valence-electron chi connectivity index (χ0n) is 22.6. The Kier molecular flexibility index (Phi) is 8.21. The summed E-state index contributed by atoms with van der Waals surface area (Å²) in [6.45, 7) is 3.08. The number of halogens is 1. The molecule has 1 aliphatic carbocycles. The second-order valence-corrected chi connectivity index (χ2v) is 12.9. The number of rotatable bonds is 9. The van der Waals surface area contributed by atoms with Crippen LogP contribution in [0.2, 0.25) is 5.02 Å². The summed E-state index contributed by atoms with van der Waals surface area (Å²) in [5.74, 6) is -0.407. The van der Waals surface area contributed by atoms with E-state index in [0.29, 0.717) is 34.1 Å². The maximum atomic E-state index is 13.0. The lowest BCUT2D eigenvalue weighted by molar-refractivity contribution is -0.666. The third-order valence-electron chi connectivity index (χ3n) is 7.76. The van der Waals surface area contributed by atoms with Crippen molar-refractivity contribution in [3.63, 3.8) is 0 Å². The highest BCUT2D eigenvalue weighted by Crippen LogP contribution is 2.45. The molecule has 0 saturated heterocycles. The molecule has 1 saturated carbocycles. The summed E-state index contributed by atoms with van der Waals surface area (Å²) in [6, 6.07) is 20.7. The Labute approximate surface area is 240 Å². The molecule has 2 aliphatic rings. The average Bonchev–Trinajstić information content (AvgIpc) is 3.16. The zero-order chi connectivity index (χ0) is 28.3. The van der Waals surface area contributed by atoms with Gasteiger partial charge in [0.05, 0.1) is 17.8 Å². The van der Waals surface area contributed by atoms with Crippen molar-refractivity contribution in [2.45, 2.75) is 51.2 Å². The van der Waals surface area contributed by atoms with Crippen LogP contribution in [0, 0.1) is 6.92 Å². The number of benzene rings is 3. The fourth-order valence-electron chi connectivity index (χ4n) is 5.64. The van der Waals surface area contributed by atoms with Crippen LogP contribution < -0.4 is 15.8 Å².